The van der Waals surface area contributed by atoms with Crippen LogP contribution in [0.2, 0.25) is 0 Å². The Morgan fingerprint density at radius 1 is 0.643 bits per heavy atom. The predicted molar refractivity (Wildman–Crippen MR) is 234 cm³/mol. The van der Waals surface area contributed by atoms with Gasteiger partial charge in [0.05, 0.1) is 28.8 Å². The Bertz CT molecular complexity index is 3160. The summed E-state index contributed by atoms with van der Waals surface area (Å²) in [5.41, 5.74) is 13.6. The number of benzene rings is 7. The summed E-state index contributed by atoms with van der Waals surface area (Å²) in [5, 5.41) is 6.14. The largest absolute Gasteiger partial charge is 0.459 e. The van der Waals surface area contributed by atoms with E-state index in [0.29, 0.717) is 6.42 Å². The molecule has 0 bridgehead atoms. The Morgan fingerprint density at radius 3 is 2.30 bits per heavy atom. The number of fused-ring (bicyclic) bond motifs is 8. The van der Waals surface area contributed by atoms with Gasteiger partial charge in [0.15, 0.2) is 0 Å². The van der Waals surface area contributed by atoms with Crippen LogP contribution >= 0.6 is 0 Å². The van der Waals surface area contributed by atoms with Crippen molar-refractivity contribution in [2.75, 3.05) is 4.90 Å². The van der Waals surface area contributed by atoms with E-state index in [2.05, 4.69) is 191 Å². The molecule has 0 unspecified atom stereocenters. The maximum absolute atomic E-state index is 6.31. The monoisotopic (exact) mass is 716 g/mol. The third-order valence-electron chi connectivity index (χ3n) is 11.3. The molecule has 0 fully saturated rings. The summed E-state index contributed by atoms with van der Waals surface area (Å²) in [6.45, 7) is 0. The third kappa shape index (κ3) is 5.30. The number of rotatable bonds is 6. The number of nitrogens with zero attached hydrogens (tertiary/aromatic N) is 2. The van der Waals surface area contributed by atoms with Crippen LogP contribution in [0.5, 0.6) is 0 Å². The van der Waals surface area contributed by atoms with Gasteiger partial charge in [-0.05, 0) is 107 Å². The Kier molecular flexibility index (Phi) is 7.60. The van der Waals surface area contributed by atoms with Gasteiger partial charge in [-0.25, -0.2) is 0 Å². The van der Waals surface area contributed by atoms with Gasteiger partial charge in [0, 0.05) is 38.7 Å². The van der Waals surface area contributed by atoms with Crippen molar-refractivity contribution in [3.63, 3.8) is 0 Å². The Balaban J connectivity index is 1.03. The van der Waals surface area contributed by atoms with E-state index in [1.54, 1.807) is 0 Å². The zero-order valence-electron chi connectivity index (χ0n) is 30.7. The average Bonchev–Trinajstić information content (AvgIpc) is 3.71. The van der Waals surface area contributed by atoms with E-state index in [0.717, 1.165) is 52.2 Å². The molecule has 0 radical (unpaired) electrons. The molecule has 0 spiro atoms. The van der Waals surface area contributed by atoms with Gasteiger partial charge in [0.25, 0.3) is 0 Å². The smallest absolute Gasteiger partial charge is 0.134 e. The van der Waals surface area contributed by atoms with E-state index >= 15 is 0 Å². The summed E-state index contributed by atoms with van der Waals surface area (Å²) < 4.78 is 8.69. The first-order valence-corrected chi connectivity index (χ1v) is 19.4. The number of allylic oxidation sites excluding steroid dienone is 5. The van der Waals surface area contributed by atoms with Crippen LogP contribution in [0, 0.1) is 11.8 Å². The average molecular weight is 717 g/mol. The molecule has 0 atom stereocenters. The Hall–Kier alpha value is -7.28. The van der Waals surface area contributed by atoms with Crippen LogP contribution < -0.4 is 4.90 Å². The van der Waals surface area contributed by atoms with Gasteiger partial charge in [0.1, 0.15) is 11.3 Å². The van der Waals surface area contributed by atoms with Crippen molar-refractivity contribution >= 4 is 66.6 Å². The molecule has 0 N–H and O–H groups in total. The van der Waals surface area contributed by atoms with Crippen LogP contribution in [0.25, 0.3) is 72.0 Å². The molecule has 11 rings (SSSR count). The summed E-state index contributed by atoms with van der Waals surface area (Å²) >= 11 is 0. The topological polar surface area (TPSA) is 21.3 Å². The fraction of sp³-hybridized carbons (Fsp3) is 0.0566. The minimum absolute atomic E-state index is 0.565. The van der Waals surface area contributed by atoms with Crippen molar-refractivity contribution in [3.8, 4) is 28.7 Å². The van der Waals surface area contributed by atoms with Crippen LogP contribution in [-0.2, 0) is 6.42 Å². The summed E-state index contributed by atoms with van der Waals surface area (Å²) in [4.78, 5) is 2.34. The summed E-state index contributed by atoms with van der Waals surface area (Å²) in [5.74, 6) is 7.91. The number of aromatic nitrogens is 1. The van der Waals surface area contributed by atoms with Gasteiger partial charge < -0.3 is 13.9 Å². The number of furan rings is 1. The summed E-state index contributed by atoms with van der Waals surface area (Å²) in [6, 6.07) is 56.8. The van der Waals surface area contributed by atoms with Crippen molar-refractivity contribution < 1.29 is 4.42 Å². The second-order valence-electron chi connectivity index (χ2n) is 14.6. The second-order valence-corrected chi connectivity index (χ2v) is 14.6. The van der Waals surface area contributed by atoms with Crippen LogP contribution in [0.1, 0.15) is 29.7 Å². The first-order chi connectivity index (χ1) is 27.8. The van der Waals surface area contributed by atoms with Crippen molar-refractivity contribution in [2.45, 2.75) is 19.3 Å². The minimum Gasteiger partial charge on any atom is -0.459 e. The van der Waals surface area contributed by atoms with E-state index in [1.807, 2.05) is 12.1 Å². The van der Waals surface area contributed by atoms with Gasteiger partial charge >= 0.3 is 0 Å². The van der Waals surface area contributed by atoms with Gasteiger partial charge in [-0.3, -0.25) is 0 Å². The fourth-order valence-electron chi connectivity index (χ4n) is 8.72. The molecule has 2 aliphatic rings. The lowest BCUT2D eigenvalue weighted by atomic mass is 9.94. The highest BCUT2D eigenvalue weighted by molar-refractivity contribution is 6.21. The van der Waals surface area contributed by atoms with Crippen LogP contribution in [0.3, 0.4) is 0 Å². The molecule has 3 nitrogen and oxygen atoms in total. The van der Waals surface area contributed by atoms with Gasteiger partial charge in [0.2, 0.25) is 0 Å². The maximum atomic E-state index is 6.31. The van der Waals surface area contributed by atoms with E-state index in [4.69, 9.17) is 4.42 Å². The van der Waals surface area contributed by atoms with Crippen LogP contribution in [-0.4, -0.2) is 4.57 Å². The summed E-state index contributed by atoms with van der Waals surface area (Å²) in [7, 11) is 0. The quantitative estimate of drug-likeness (QED) is 0.160. The fourth-order valence-corrected chi connectivity index (χ4v) is 8.72. The highest BCUT2D eigenvalue weighted by Gasteiger charge is 2.23. The van der Waals surface area contributed by atoms with E-state index in [1.165, 1.54) is 60.5 Å². The van der Waals surface area contributed by atoms with Gasteiger partial charge in [-0.1, -0.05) is 127 Å². The zero-order chi connectivity index (χ0) is 37.0. The predicted octanol–water partition coefficient (Wildman–Crippen LogP) is 13.8. The summed E-state index contributed by atoms with van der Waals surface area (Å²) in [6.07, 6.45) is 11.5. The molecule has 2 heterocycles. The molecule has 3 heteroatoms. The molecule has 9 aromatic rings. The van der Waals surface area contributed by atoms with Crippen molar-refractivity contribution in [1.82, 2.24) is 4.57 Å². The molecule has 2 aliphatic carbocycles. The van der Waals surface area contributed by atoms with Crippen LogP contribution in [0.4, 0.5) is 11.4 Å². The standard InChI is InChI=1S/C53H36N2O/c1-3-14-37(15-4-1)43-19-7-10-22-48(43)54(42-18-13-25-52-47(35-42)45-20-9-12-24-51(45)56-52)41-30-26-36(27-31-41)38-28-32-44-39(34-38)29-33-50-53(44)46-21-8-11-23-49(46)55(50)40-16-5-2-6-17-40/h1-3,5-12,14,16-17,19-24,26-35H,4,15,25H2. The third-order valence-corrected chi connectivity index (χ3v) is 11.3. The van der Waals surface area contributed by atoms with Crippen molar-refractivity contribution in [2.24, 2.45) is 0 Å². The maximum Gasteiger partial charge on any atom is 0.134 e. The first kappa shape index (κ1) is 32.2. The van der Waals surface area contributed by atoms with E-state index < -0.39 is 0 Å². The molecule has 7 aromatic carbocycles. The molecule has 56 heavy (non-hydrogen) atoms. The molecule has 0 saturated carbocycles. The lowest BCUT2D eigenvalue weighted by molar-refractivity contribution is 0.567. The van der Waals surface area contributed by atoms with Crippen molar-refractivity contribution in [3.05, 3.63) is 199 Å². The first-order valence-electron chi connectivity index (χ1n) is 19.4. The lowest BCUT2D eigenvalue weighted by Crippen LogP contribution is -2.17. The number of hydrogen-bond acceptors (Lipinski definition) is 2. The van der Waals surface area contributed by atoms with E-state index in [-0.39, 0.29) is 0 Å². The highest BCUT2D eigenvalue weighted by Crippen LogP contribution is 2.42. The van der Waals surface area contributed by atoms with Crippen LogP contribution in [0.15, 0.2) is 186 Å². The molecule has 264 valence electrons. The second kappa shape index (κ2) is 13.2. The number of para-hydroxylation sites is 4. The molecule has 0 aliphatic heterocycles. The van der Waals surface area contributed by atoms with Gasteiger partial charge in [-0.15, -0.1) is 0 Å². The van der Waals surface area contributed by atoms with Crippen molar-refractivity contribution in [1.29, 1.82) is 0 Å². The molecule has 0 amide bonds. The Morgan fingerprint density at radius 2 is 1.43 bits per heavy atom. The number of hydrogen-bond donors (Lipinski definition) is 0. The highest BCUT2D eigenvalue weighted by atomic mass is 16.3. The SMILES string of the molecule is C1#CC(N(c2ccc(-c3ccc4c(ccc5c4c4ccccc4n5-c4ccccc4)c3)cc2)c2ccccc2C2=CC=CCC2)=Cc2c(oc3ccccc23)C1. The van der Waals surface area contributed by atoms with Gasteiger partial charge in [-0.2, -0.15) is 0 Å². The zero-order valence-corrected chi connectivity index (χ0v) is 30.7. The van der Waals surface area contributed by atoms with E-state index in [9.17, 15) is 0 Å². The molecular formula is C53H36N2O. The molecule has 2 aromatic heterocycles. The molecule has 0 saturated heterocycles. The minimum atomic E-state index is 0.565. The Labute approximate surface area is 325 Å². The molecular weight excluding hydrogens is 681 g/mol. The normalized spacial score (nSPS) is 13.6. The lowest BCUT2D eigenvalue weighted by Gasteiger charge is -2.28. The number of anilines is 2.